The first kappa shape index (κ1) is 22.0. The van der Waals surface area contributed by atoms with E-state index < -0.39 is 0 Å². The van der Waals surface area contributed by atoms with Gasteiger partial charge in [-0.25, -0.2) is 0 Å². The largest absolute Gasteiger partial charge is 0.486 e. The molecular weight excluding hydrogens is 434 g/mol. The zero-order valence-corrected chi connectivity index (χ0v) is 20.4. The monoisotopic (exact) mass is 465 g/mol. The molecule has 6 nitrogen and oxygen atoms in total. The van der Waals surface area contributed by atoms with Crippen molar-refractivity contribution in [2.45, 2.75) is 63.1 Å². The Morgan fingerprint density at radius 3 is 2.80 bits per heavy atom. The predicted octanol–water partition coefficient (Wildman–Crippen LogP) is 5.01. The van der Waals surface area contributed by atoms with Crippen LogP contribution in [0.15, 0.2) is 59.0 Å². The van der Waals surface area contributed by atoms with E-state index in [9.17, 15) is 10.5 Å². The first-order valence-corrected chi connectivity index (χ1v) is 12.8. The summed E-state index contributed by atoms with van der Waals surface area (Å²) in [5.74, 6) is 1.95. The van der Waals surface area contributed by atoms with E-state index in [0.717, 1.165) is 36.6 Å². The van der Waals surface area contributed by atoms with Crippen LogP contribution in [0, 0.1) is 34.5 Å². The van der Waals surface area contributed by atoms with Crippen molar-refractivity contribution in [1.82, 2.24) is 9.80 Å². The summed E-state index contributed by atoms with van der Waals surface area (Å²) in [6.07, 6.45) is 15.1. The summed E-state index contributed by atoms with van der Waals surface area (Å²) in [5.41, 5.74) is 4.90. The Hall–Kier alpha value is -3.51. The molecule has 0 radical (unpaired) electrons. The van der Waals surface area contributed by atoms with Gasteiger partial charge in [-0.15, -0.1) is 0 Å². The zero-order valence-electron chi connectivity index (χ0n) is 20.4. The predicted molar refractivity (Wildman–Crippen MR) is 134 cm³/mol. The zero-order chi connectivity index (χ0) is 24.2. The lowest BCUT2D eigenvalue weighted by molar-refractivity contribution is 0.0708. The van der Waals surface area contributed by atoms with Crippen LogP contribution in [-0.4, -0.2) is 41.4 Å². The number of nitriles is 2. The molecule has 0 amide bonds. The van der Waals surface area contributed by atoms with Crippen molar-refractivity contribution in [1.29, 1.82) is 10.5 Å². The highest BCUT2D eigenvalue weighted by atomic mass is 16.5. The van der Waals surface area contributed by atoms with Crippen molar-refractivity contribution in [2.75, 3.05) is 13.6 Å². The van der Waals surface area contributed by atoms with Gasteiger partial charge in [0, 0.05) is 49.4 Å². The van der Waals surface area contributed by atoms with Crippen molar-refractivity contribution in [2.24, 2.45) is 16.8 Å². The second-order valence-corrected chi connectivity index (χ2v) is 10.7. The molecule has 0 aromatic heterocycles. The van der Waals surface area contributed by atoms with Gasteiger partial charge in [0.1, 0.15) is 23.6 Å². The van der Waals surface area contributed by atoms with Crippen molar-refractivity contribution in [3.8, 4) is 17.9 Å². The molecule has 4 atom stereocenters. The molecule has 6 heteroatoms. The minimum Gasteiger partial charge on any atom is -0.486 e. The van der Waals surface area contributed by atoms with E-state index in [2.05, 4.69) is 59.1 Å². The number of nitrogens with zero attached hydrogens (tertiary/aromatic N) is 5. The summed E-state index contributed by atoms with van der Waals surface area (Å²) in [5, 5.41) is 19.2. The Balaban J connectivity index is 1.32. The lowest BCUT2D eigenvalue weighted by atomic mass is 9.84. The van der Waals surface area contributed by atoms with Crippen LogP contribution >= 0.6 is 0 Å². The van der Waals surface area contributed by atoms with Gasteiger partial charge in [-0.3, -0.25) is 4.99 Å². The molecule has 35 heavy (non-hydrogen) atoms. The maximum atomic E-state index is 9.98. The van der Waals surface area contributed by atoms with Gasteiger partial charge in [0.25, 0.3) is 0 Å². The maximum absolute atomic E-state index is 9.98. The fraction of sp³-hybridized carbons (Fsp3) is 0.483. The number of hydrogen-bond donors (Lipinski definition) is 0. The lowest BCUT2D eigenvalue weighted by Crippen LogP contribution is -2.50. The number of benzene rings is 1. The van der Waals surface area contributed by atoms with Crippen LogP contribution in [0.25, 0.3) is 0 Å². The average Bonchev–Trinajstić information content (AvgIpc) is 3.55. The van der Waals surface area contributed by atoms with Gasteiger partial charge in [0.2, 0.25) is 0 Å². The third-order valence-corrected chi connectivity index (χ3v) is 8.71. The molecule has 5 aliphatic rings. The van der Waals surface area contributed by atoms with E-state index in [1.807, 2.05) is 18.2 Å². The van der Waals surface area contributed by atoms with E-state index in [1.54, 1.807) is 6.20 Å². The highest BCUT2D eigenvalue weighted by Gasteiger charge is 2.56. The highest BCUT2D eigenvalue weighted by Crippen LogP contribution is 2.61. The number of ether oxygens (including phenoxy) is 1. The third kappa shape index (κ3) is 3.73. The molecule has 2 aliphatic heterocycles. The van der Waals surface area contributed by atoms with E-state index >= 15 is 0 Å². The van der Waals surface area contributed by atoms with E-state index in [1.165, 1.54) is 30.7 Å². The van der Waals surface area contributed by atoms with Gasteiger partial charge in [0.15, 0.2) is 0 Å². The third-order valence-electron chi connectivity index (χ3n) is 8.71. The number of fused-ring (bicyclic) bond motifs is 3. The Morgan fingerprint density at radius 2 is 2.06 bits per heavy atom. The van der Waals surface area contributed by atoms with Crippen LogP contribution in [-0.2, 0) is 5.41 Å². The van der Waals surface area contributed by atoms with Crippen molar-refractivity contribution >= 4 is 5.71 Å². The van der Waals surface area contributed by atoms with Gasteiger partial charge in [-0.2, -0.15) is 10.5 Å². The molecule has 2 saturated carbocycles. The molecule has 2 heterocycles. The molecule has 3 fully saturated rings. The second kappa shape index (κ2) is 8.31. The van der Waals surface area contributed by atoms with Gasteiger partial charge in [0.05, 0.1) is 17.8 Å². The fourth-order valence-electron chi connectivity index (χ4n) is 6.18. The highest BCUT2D eigenvalue weighted by molar-refractivity contribution is 5.99. The van der Waals surface area contributed by atoms with E-state index in [4.69, 9.17) is 4.74 Å². The number of rotatable bonds is 5. The maximum Gasteiger partial charge on any atom is 0.125 e. The lowest BCUT2D eigenvalue weighted by Gasteiger charge is -2.48. The Kier molecular flexibility index (Phi) is 5.22. The van der Waals surface area contributed by atoms with Gasteiger partial charge < -0.3 is 14.5 Å². The minimum absolute atomic E-state index is 0.163. The quantitative estimate of drug-likeness (QED) is 0.611. The Bertz CT molecular complexity index is 1260. The molecule has 3 aliphatic carbocycles. The van der Waals surface area contributed by atoms with E-state index in [0.29, 0.717) is 29.8 Å². The second-order valence-electron chi connectivity index (χ2n) is 10.7. The van der Waals surface area contributed by atoms with Crippen molar-refractivity contribution in [3.63, 3.8) is 0 Å². The van der Waals surface area contributed by atoms with Crippen LogP contribution in [0.1, 0.15) is 56.6 Å². The molecule has 4 unspecified atom stereocenters. The van der Waals surface area contributed by atoms with Crippen LogP contribution in [0.2, 0.25) is 0 Å². The van der Waals surface area contributed by atoms with Crippen LogP contribution in [0.3, 0.4) is 0 Å². The molecule has 1 aromatic carbocycles. The first-order chi connectivity index (χ1) is 17.0. The molecule has 0 N–H and O–H groups in total. The van der Waals surface area contributed by atoms with Gasteiger partial charge >= 0.3 is 0 Å². The topological polar surface area (TPSA) is 75.6 Å². The summed E-state index contributed by atoms with van der Waals surface area (Å²) in [4.78, 5) is 9.15. The number of allylic oxidation sites excluding steroid dienone is 2. The standard InChI is InChI=1S/C29H31N5O/c1-19-33(2)25-12-24(34(19)18-20-4-3-5-20)10-22-14-29(22,15-25)28-13-26(7-6-21(28)16-30)35-27-8-9-32-23(11-27)17-31/h6-10,13,15,19-20,22,27H,3-5,11-12,14,18H2,1-2H3. The number of aliphatic imine (C=N–C) groups is 1. The SMILES string of the molecule is CC1N(C)C2=CC3(c4cc(OC5C=CN=C(C#N)C5)ccc4C#N)CC3C=C(C2)N1CC1CCC1. The summed E-state index contributed by atoms with van der Waals surface area (Å²) in [6.45, 7) is 3.47. The molecule has 178 valence electrons. The van der Waals surface area contributed by atoms with Crippen LogP contribution < -0.4 is 4.74 Å². The van der Waals surface area contributed by atoms with Crippen LogP contribution in [0.5, 0.6) is 5.75 Å². The summed E-state index contributed by atoms with van der Waals surface area (Å²) in [6, 6.07) is 10.4. The molecule has 6 rings (SSSR count). The smallest absolute Gasteiger partial charge is 0.125 e. The minimum atomic E-state index is -0.226. The molecule has 2 bridgehead atoms. The molecule has 1 aromatic rings. The summed E-state index contributed by atoms with van der Waals surface area (Å²) < 4.78 is 6.23. The molecule has 1 saturated heterocycles. The Labute approximate surface area is 207 Å². The summed E-state index contributed by atoms with van der Waals surface area (Å²) in [7, 11) is 2.21. The van der Waals surface area contributed by atoms with Crippen LogP contribution in [0.4, 0.5) is 0 Å². The van der Waals surface area contributed by atoms with Crippen molar-refractivity contribution in [3.05, 3.63) is 65.1 Å². The van der Waals surface area contributed by atoms with Gasteiger partial charge in [-0.05, 0) is 67.9 Å². The molecule has 0 spiro atoms. The first-order valence-electron chi connectivity index (χ1n) is 12.8. The van der Waals surface area contributed by atoms with E-state index in [-0.39, 0.29) is 11.5 Å². The average molecular weight is 466 g/mol. The van der Waals surface area contributed by atoms with Crippen molar-refractivity contribution < 1.29 is 4.74 Å². The number of hydrogen-bond acceptors (Lipinski definition) is 6. The molecular formula is C29H31N5O. The normalized spacial score (nSPS) is 31.1. The summed E-state index contributed by atoms with van der Waals surface area (Å²) >= 11 is 0. The van der Waals surface area contributed by atoms with Gasteiger partial charge in [-0.1, -0.05) is 18.6 Å². The fourth-order valence-corrected chi connectivity index (χ4v) is 6.18. The Morgan fingerprint density at radius 1 is 1.20 bits per heavy atom.